The van der Waals surface area contributed by atoms with Gasteiger partial charge in [-0.05, 0) is 30.2 Å². The molecule has 0 fully saturated rings. The van der Waals surface area contributed by atoms with Gasteiger partial charge in [-0.25, -0.2) is 9.67 Å². The Bertz CT molecular complexity index is 549. The number of rotatable bonds is 5. The first-order valence-electron chi connectivity index (χ1n) is 6.63. The number of carbonyl (C=O) groups excluding carboxylic acids is 1. The number of nitrogens with zero attached hydrogens (tertiary/aromatic N) is 3. The summed E-state index contributed by atoms with van der Waals surface area (Å²) in [4.78, 5) is 15.8. The van der Waals surface area contributed by atoms with Crippen molar-refractivity contribution >= 4 is 11.6 Å². The van der Waals surface area contributed by atoms with Crippen LogP contribution in [0.5, 0.6) is 0 Å². The fourth-order valence-electron chi connectivity index (χ4n) is 1.78. The number of carbonyl (C=O) groups is 1. The second-order valence-electron chi connectivity index (χ2n) is 4.79. The van der Waals surface area contributed by atoms with Crippen LogP contribution in [-0.2, 0) is 4.79 Å². The van der Waals surface area contributed by atoms with Crippen molar-refractivity contribution in [3.05, 3.63) is 36.9 Å². The predicted molar refractivity (Wildman–Crippen MR) is 77.4 cm³/mol. The molecule has 1 amide bonds. The summed E-state index contributed by atoms with van der Waals surface area (Å²) in [5, 5.41) is 6.86. The summed E-state index contributed by atoms with van der Waals surface area (Å²) >= 11 is 0. The van der Waals surface area contributed by atoms with Crippen molar-refractivity contribution in [3.63, 3.8) is 0 Å². The van der Waals surface area contributed by atoms with Crippen LogP contribution in [0.1, 0.15) is 20.3 Å². The Hall–Kier alpha value is -2.21. The lowest BCUT2D eigenvalue weighted by molar-refractivity contribution is -0.118. The topological polar surface area (TPSA) is 85.8 Å². The van der Waals surface area contributed by atoms with Gasteiger partial charge in [-0.2, -0.15) is 5.10 Å². The second-order valence-corrected chi connectivity index (χ2v) is 4.79. The van der Waals surface area contributed by atoms with Crippen LogP contribution in [0.4, 0.5) is 5.69 Å². The molecule has 0 unspecified atom stereocenters. The molecular weight excluding hydrogens is 254 g/mol. The number of nitrogens with two attached hydrogens (primary N) is 1. The summed E-state index contributed by atoms with van der Waals surface area (Å²) in [6.07, 6.45) is 3.97. The summed E-state index contributed by atoms with van der Waals surface area (Å²) in [5.41, 5.74) is 7.49. The monoisotopic (exact) mass is 273 g/mol. The van der Waals surface area contributed by atoms with Crippen molar-refractivity contribution in [1.82, 2.24) is 14.8 Å². The van der Waals surface area contributed by atoms with Gasteiger partial charge in [0.1, 0.15) is 12.7 Å². The highest BCUT2D eigenvalue weighted by atomic mass is 16.2. The maximum Gasteiger partial charge on any atom is 0.241 e. The lowest BCUT2D eigenvalue weighted by Gasteiger charge is -2.17. The molecule has 3 N–H and O–H groups in total. The van der Waals surface area contributed by atoms with Crippen molar-refractivity contribution < 1.29 is 4.79 Å². The maximum absolute atomic E-state index is 12.0. The minimum Gasteiger partial charge on any atom is -0.325 e. The van der Waals surface area contributed by atoms with E-state index in [1.165, 1.54) is 6.33 Å². The van der Waals surface area contributed by atoms with Crippen LogP contribution in [0.2, 0.25) is 0 Å². The fourth-order valence-corrected chi connectivity index (χ4v) is 1.78. The highest BCUT2D eigenvalue weighted by molar-refractivity contribution is 5.94. The maximum atomic E-state index is 12.0. The number of anilines is 1. The van der Waals surface area contributed by atoms with Crippen LogP contribution in [0.15, 0.2) is 36.9 Å². The highest BCUT2D eigenvalue weighted by Gasteiger charge is 2.19. The average molecular weight is 273 g/mol. The van der Waals surface area contributed by atoms with Crippen molar-refractivity contribution in [1.29, 1.82) is 0 Å². The third-order valence-corrected chi connectivity index (χ3v) is 3.38. The molecule has 2 aromatic rings. The highest BCUT2D eigenvalue weighted by Crippen LogP contribution is 2.14. The zero-order valence-corrected chi connectivity index (χ0v) is 11.7. The molecule has 0 saturated heterocycles. The summed E-state index contributed by atoms with van der Waals surface area (Å²) in [7, 11) is 0. The van der Waals surface area contributed by atoms with Crippen molar-refractivity contribution in [2.24, 2.45) is 11.7 Å². The summed E-state index contributed by atoms with van der Waals surface area (Å²) in [6.45, 7) is 3.99. The Morgan fingerprint density at radius 2 is 2.10 bits per heavy atom. The number of nitrogens with one attached hydrogen (secondary N) is 1. The standard InChI is InChI=1S/C14H19N5O/c1-3-10(2)13(15)14(20)18-11-4-6-12(7-5-11)19-9-16-8-17-19/h4-10,13H,3,15H2,1-2H3,(H,18,20)/t10-,13-/m0/s1. The second kappa shape index (κ2) is 6.29. The Morgan fingerprint density at radius 1 is 1.40 bits per heavy atom. The van der Waals surface area contributed by atoms with E-state index in [2.05, 4.69) is 15.4 Å². The Balaban J connectivity index is 2.02. The molecule has 1 aromatic carbocycles. The molecule has 20 heavy (non-hydrogen) atoms. The number of hydrogen-bond acceptors (Lipinski definition) is 4. The third-order valence-electron chi connectivity index (χ3n) is 3.38. The number of benzene rings is 1. The first-order valence-corrected chi connectivity index (χ1v) is 6.63. The molecule has 0 bridgehead atoms. The molecule has 2 rings (SSSR count). The molecule has 1 aromatic heterocycles. The largest absolute Gasteiger partial charge is 0.325 e. The average Bonchev–Trinajstić information content (AvgIpc) is 3.00. The normalized spacial score (nSPS) is 13.8. The van der Waals surface area contributed by atoms with E-state index in [0.717, 1.165) is 17.8 Å². The molecular formula is C14H19N5O. The number of amides is 1. The van der Waals surface area contributed by atoms with E-state index in [0.29, 0.717) is 0 Å². The zero-order valence-electron chi connectivity index (χ0n) is 11.7. The van der Waals surface area contributed by atoms with E-state index < -0.39 is 6.04 Å². The smallest absolute Gasteiger partial charge is 0.241 e. The van der Waals surface area contributed by atoms with E-state index in [1.807, 2.05) is 38.1 Å². The fraction of sp³-hybridized carbons (Fsp3) is 0.357. The van der Waals surface area contributed by atoms with Gasteiger partial charge in [0, 0.05) is 5.69 Å². The van der Waals surface area contributed by atoms with Crippen LogP contribution in [0.3, 0.4) is 0 Å². The van der Waals surface area contributed by atoms with Gasteiger partial charge < -0.3 is 11.1 Å². The van der Waals surface area contributed by atoms with Crippen molar-refractivity contribution in [2.45, 2.75) is 26.3 Å². The van der Waals surface area contributed by atoms with Crippen LogP contribution in [0.25, 0.3) is 5.69 Å². The minimum atomic E-state index is -0.491. The molecule has 0 aliphatic carbocycles. The Kier molecular flexibility index (Phi) is 4.47. The number of aromatic nitrogens is 3. The van der Waals surface area contributed by atoms with E-state index in [4.69, 9.17) is 5.73 Å². The lowest BCUT2D eigenvalue weighted by atomic mass is 9.99. The first kappa shape index (κ1) is 14.2. The Labute approximate surface area is 118 Å². The van der Waals surface area contributed by atoms with Crippen molar-refractivity contribution in [2.75, 3.05) is 5.32 Å². The van der Waals surface area contributed by atoms with E-state index in [9.17, 15) is 4.79 Å². The van der Waals surface area contributed by atoms with Gasteiger partial charge in [0.25, 0.3) is 0 Å². The minimum absolute atomic E-state index is 0.157. The van der Waals surface area contributed by atoms with E-state index in [1.54, 1.807) is 11.0 Å². The lowest BCUT2D eigenvalue weighted by Crippen LogP contribution is -2.40. The van der Waals surface area contributed by atoms with E-state index >= 15 is 0 Å². The summed E-state index contributed by atoms with van der Waals surface area (Å²) in [6, 6.07) is 6.87. The first-order chi connectivity index (χ1) is 9.61. The van der Waals surface area contributed by atoms with Gasteiger partial charge in [-0.15, -0.1) is 0 Å². The molecule has 0 radical (unpaired) electrons. The summed E-state index contributed by atoms with van der Waals surface area (Å²) < 4.78 is 1.65. The molecule has 6 heteroatoms. The van der Waals surface area contributed by atoms with E-state index in [-0.39, 0.29) is 11.8 Å². The molecule has 2 atom stereocenters. The summed E-state index contributed by atoms with van der Waals surface area (Å²) in [5.74, 6) is -0.00252. The van der Waals surface area contributed by atoms with Gasteiger partial charge in [0.2, 0.25) is 5.91 Å². The van der Waals surface area contributed by atoms with Gasteiger partial charge in [-0.3, -0.25) is 4.79 Å². The molecule has 106 valence electrons. The van der Waals surface area contributed by atoms with Gasteiger partial charge in [0.05, 0.1) is 11.7 Å². The van der Waals surface area contributed by atoms with Crippen LogP contribution >= 0.6 is 0 Å². The SMILES string of the molecule is CC[C@H](C)[C@H](N)C(=O)Nc1ccc(-n2cncn2)cc1. The van der Waals surface area contributed by atoms with Crippen molar-refractivity contribution in [3.8, 4) is 5.69 Å². The quantitative estimate of drug-likeness (QED) is 0.866. The molecule has 1 heterocycles. The molecule has 6 nitrogen and oxygen atoms in total. The predicted octanol–water partition coefficient (Wildman–Crippen LogP) is 1.58. The van der Waals surface area contributed by atoms with Crippen LogP contribution in [0, 0.1) is 5.92 Å². The zero-order chi connectivity index (χ0) is 14.5. The van der Waals surface area contributed by atoms with Crippen LogP contribution in [-0.4, -0.2) is 26.7 Å². The molecule has 0 aliphatic rings. The van der Waals surface area contributed by atoms with Gasteiger partial charge in [0.15, 0.2) is 0 Å². The Morgan fingerprint density at radius 3 is 2.65 bits per heavy atom. The van der Waals surface area contributed by atoms with Gasteiger partial charge in [-0.1, -0.05) is 20.3 Å². The van der Waals surface area contributed by atoms with Gasteiger partial charge >= 0.3 is 0 Å². The molecule has 0 aliphatic heterocycles. The third kappa shape index (κ3) is 3.21. The number of hydrogen-bond donors (Lipinski definition) is 2. The molecule has 0 spiro atoms. The molecule has 0 saturated carbocycles. The van der Waals surface area contributed by atoms with Crippen LogP contribution < -0.4 is 11.1 Å².